The minimum absolute atomic E-state index is 0.323. The van der Waals surface area contributed by atoms with E-state index in [1.165, 1.54) is 5.56 Å². The second-order valence-electron chi connectivity index (χ2n) is 5.09. The Morgan fingerprint density at radius 3 is 2.95 bits per heavy atom. The lowest BCUT2D eigenvalue weighted by molar-refractivity contribution is 0.174. The third kappa shape index (κ3) is 2.71. The molecule has 0 saturated heterocycles. The summed E-state index contributed by atoms with van der Waals surface area (Å²) in [6.45, 7) is 4.40. The van der Waals surface area contributed by atoms with Crippen molar-refractivity contribution in [2.24, 2.45) is 0 Å². The average molecular weight is 274 g/mol. The molecule has 1 atom stereocenters. The summed E-state index contributed by atoms with van der Waals surface area (Å²) in [5.74, 6) is 1.68. The first-order valence-electron chi connectivity index (χ1n) is 6.78. The van der Waals surface area contributed by atoms with Crippen LogP contribution in [0.3, 0.4) is 0 Å². The van der Waals surface area contributed by atoms with Crippen molar-refractivity contribution < 1.29 is 14.0 Å². The van der Waals surface area contributed by atoms with Crippen LogP contribution in [0.1, 0.15) is 24.6 Å². The van der Waals surface area contributed by atoms with Crippen molar-refractivity contribution in [3.8, 4) is 11.5 Å². The van der Waals surface area contributed by atoms with Gasteiger partial charge in [0.15, 0.2) is 11.5 Å². The van der Waals surface area contributed by atoms with Crippen LogP contribution in [0.2, 0.25) is 0 Å². The fourth-order valence-electron chi connectivity index (χ4n) is 2.25. The van der Waals surface area contributed by atoms with Crippen molar-refractivity contribution in [1.82, 2.24) is 5.16 Å². The van der Waals surface area contributed by atoms with Gasteiger partial charge in [0.05, 0.1) is 5.69 Å². The maximum Gasteiger partial charge on any atom is 0.231 e. The highest BCUT2D eigenvalue weighted by Crippen LogP contribution is 2.32. The van der Waals surface area contributed by atoms with E-state index >= 15 is 0 Å². The van der Waals surface area contributed by atoms with Crippen LogP contribution in [0.25, 0.3) is 0 Å². The SMILES string of the molecule is Cc1nocc1NC(C)CCc1ccc2c(c1)OCO2. The van der Waals surface area contributed by atoms with Gasteiger partial charge in [-0.3, -0.25) is 0 Å². The van der Waals surface area contributed by atoms with Crippen LogP contribution in [0.4, 0.5) is 5.69 Å². The Morgan fingerprint density at radius 1 is 1.30 bits per heavy atom. The summed E-state index contributed by atoms with van der Waals surface area (Å²) < 4.78 is 15.6. The van der Waals surface area contributed by atoms with Crippen LogP contribution < -0.4 is 14.8 Å². The topological polar surface area (TPSA) is 56.5 Å². The Kier molecular flexibility index (Phi) is 3.50. The maximum atomic E-state index is 5.39. The Hall–Kier alpha value is -2.17. The molecule has 1 N–H and O–H groups in total. The molecule has 0 amide bonds. The molecule has 0 aliphatic carbocycles. The molecule has 1 aromatic heterocycles. The van der Waals surface area contributed by atoms with E-state index < -0.39 is 0 Å². The molecule has 3 rings (SSSR count). The minimum Gasteiger partial charge on any atom is -0.454 e. The van der Waals surface area contributed by atoms with E-state index in [0.29, 0.717) is 12.8 Å². The molecule has 1 aliphatic rings. The first-order chi connectivity index (χ1) is 9.72. The standard InChI is InChI=1S/C15H18N2O3/c1-10(16-13-8-20-17-11(13)2)3-4-12-5-6-14-15(7-12)19-9-18-14/h5-8,10,16H,3-4,9H2,1-2H3. The van der Waals surface area contributed by atoms with Gasteiger partial charge in [0.1, 0.15) is 12.0 Å². The van der Waals surface area contributed by atoms with Gasteiger partial charge in [-0.1, -0.05) is 11.2 Å². The summed E-state index contributed by atoms with van der Waals surface area (Å²) in [4.78, 5) is 0. The monoisotopic (exact) mass is 274 g/mol. The van der Waals surface area contributed by atoms with Gasteiger partial charge in [-0.25, -0.2) is 0 Å². The van der Waals surface area contributed by atoms with Gasteiger partial charge in [-0.2, -0.15) is 0 Å². The third-order valence-electron chi connectivity index (χ3n) is 3.45. The third-order valence-corrected chi connectivity index (χ3v) is 3.45. The van der Waals surface area contributed by atoms with Gasteiger partial charge < -0.3 is 19.3 Å². The molecule has 5 nitrogen and oxygen atoms in total. The van der Waals surface area contributed by atoms with Gasteiger partial charge in [0, 0.05) is 6.04 Å². The van der Waals surface area contributed by atoms with E-state index in [-0.39, 0.29) is 0 Å². The predicted octanol–water partition coefficient (Wildman–Crippen LogP) is 3.14. The number of rotatable bonds is 5. The zero-order chi connectivity index (χ0) is 13.9. The second kappa shape index (κ2) is 5.45. The molecular formula is C15H18N2O3. The molecule has 0 spiro atoms. The molecule has 1 aliphatic heterocycles. The van der Waals surface area contributed by atoms with E-state index in [0.717, 1.165) is 35.7 Å². The number of hydrogen-bond acceptors (Lipinski definition) is 5. The fourth-order valence-corrected chi connectivity index (χ4v) is 2.25. The van der Waals surface area contributed by atoms with Crippen LogP contribution in [0.5, 0.6) is 11.5 Å². The molecule has 106 valence electrons. The number of ether oxygens (including phenoxy) is 2. The van der Waals surface area contributed by atoms with Crippen molar-refractivity contribution in [3.05, 3.63) is 35.7 Å². The molecule has 0 saturated carbocycles. The Morgan fingerprint density at radius 2 is 2.15 bits per heavy atom. The molecule has 0 radical (unpaired) electrons. The van der Waals surface area contributed by atoms with Crippen LogP contribution in [-0.2, 0) is 6.42 Å². The molecule has 2 aromatic rings. The average Bonchev–Trinajstić information content (AvgIpc) is 3.05. The van der Waals surface area contributed by atoms with Crippen molar-refractivity contribution in [1.29, 1.82) is 0 Å². The second-order valence-corrected chi connectivity index (χ2v) is 5.09. The molecule has 0 fully saturated rings. The summed E-state index contributed by atoms with van der Waals surface area (Å²) >= 11 is 0. The molecule has 2 heterocycles. The Labute approximate surface area is 117 Å². The Balaban J connectivity index is 1.55. The summed E-state index contributed by atoms with van der Waals surface area (Å²) in [6, 6.07) is 6.46. The number of anilines is 1. The molecule has 1 unspecified atom stereocenters. The van der Waals surface area contributed by atoms with Gasteiger partial charge in [0.25, 0.3) is 0 Å². The Bertz CT molecular complexity index is 595. The van der Waals surface area contributed by atoms with Crippen molar-refractivity contribution in [3.63, 3.8) is 0 Å². The van der Waals surface area contributed by atoms with Gasteiger partial charge >= 0.3 is 0 Å². The zero-order valence-electron chi connectivity index (χ0n) is 11.7. The normalized spacial score (nSPS) is 14.3. The van der Waals surface area contributed by atoms with Gasteiger partial charge in [-0.05, 0) is 44.4 Å². The van der Waals surface area contributed by atoms with Crippen molar-refractivity contribution in [2.45, 2.75) is 32.7 Å². The summed E-state index contributed by atoms with van der Waals surface area (Å²) in [5, 5.41) is 7.26. The van der Waals surface area contributed by atoms with E-state index in [9.17, 15) is 0 Å². The van der Waals surface area contributed by atoms with Crippen LogP contribution in [0, 0.1) is 6.92 Å². The number of benzene rings is 1. The van der Waals surface area contributed by atoms with Gasteiger partial charge in [-0.15, -0.1) is 0 Å². The summed E-state index contributed by atoms with van der Waals surface area (Å²) in [6.07, 6.45) is 3.64. The quantitative estimate of drug-likeness (QED) is 0.907. The summed E-state index contributed by atoms with van der Waals surface area (Å²) in [5.41, 5.74) is 3.10. The number of nitrogens with zero attached hydrogens (tertiary/aromatic N) is 1. The highest BCUT2D eigenvalue weighted by molar-refractivity contribution is 5.45. The molecular weight excluding hydrogens is 256 g/mol. The van der Waals surface area contributed by atoms with E-state index in [1.807, 2.05) is 13.0 Å². The van der Waals surface area contributed by atoms with E-state index in [2.05, 4.69) is 29.5 Å². The van der Waals surface area contributed by atoms with Crippen molar-refractivity contribution >= 4 is 5.69 Å². The number of fused-ring (bicyclic) bond motifs is 1. The molecule has 5 heteroatoms. The first kappa shape index (κ1) is 12.8. The van der Waals surface area contributed by atoms with Gasteiger partial charge in [0.2, 0.25) is 6.79 Å². The summed E-state index contributed by atoms with van der Waals surface area (Å²) in [7, 11) is 0. The zero-order valence-corrected chi connectivity index (χ0v) is 11.7. The highest BCUT2D eigenvalue weighted by atomic mass is 16.7. The van der Waals surface area contributed by atoms with E-state index in [1.54, 1.807) is 6.26 Å². The van der Waals surface area contributed by atoms with Crippen LogP contribution in [-0.4, -0.2) is 18.0 Å². The fraction of sp³-hybridized carbons (Fsp3) is 0.400. The first-order valence-corrected chi connectivity index (χ1v) is 6.78. The van der Waals surface area contributed by atoms with Crippen LogP contribution >= 0.6 is 0 Å². The molecule has 0 bridgehead atoms. The molecule has 20 heavy (non-hydrogen) atoms. The predicted molar refractivity (Wildman–Crippen MR) is 75.2 cm³/mol. The lowest BCUT2D eigenvalue weighted by Gasteiger charge is -2.14. The lowest BCUT2D eigenvalue weighted by Crippen LogP contribution is -2.16. The minimum atomic E-state index is 0.323. The largest absolute Gasteiger partial charge is 0.454 e. The van der Waals surface area contributed by atoms with Crippen LogP contribution in [0.15, 0.2) is 29.0 Å². The highest BCUT2D eigenvalue weighted by Gasteiger charge is 2.13. The smallest absolute Gasteiger partial charge is 0.231 e. The number of nitrogens with one attached hydrogen (secondary N) is 1. The number of aromatic nitrogens is 1. The number of hydrogen-bond donors (Lipinski definition) is 1. The van der Waals surface area contributed by atoms with Crippen molar-refractivity contribution in [2.75, 3.05) is 12.1 Å². The maximum absolute atomic E-state index is 5.39. The van der Waals surface area contributed by atoms with E-state index in [4.69, 9.17) is 14.0 Å². The molecule has 1 aromatic carbocycles. The number of aryl methyl sites for hydroxylation is 2. The lowest BCUT2D eigenvalue weighted by atomic mass is 10.1.